The van der Waals surface area contributed by atoms with Crippen molar-refractivity contribution >= 4 is 5.91 Å². The maximum Gasteiger partial charge on any atom is 0.231 e. The van der Waals surface area contributed by atoms with Crippen molar-refractivity contribution in [3.05, 3.63) is 53.9 Å². The Morgan fingerprint density at radius 1 is 1.14 bits per heavy atom. The van der Waals surface area contributed by atoms with Gasteiger partial charge in [0, 0.05) is 32.0 Å². The summed E-state index contributed by atoms with van der Waals surface area (Å²) in [5, 5.41) is 3.99. The summed E-state index contributed by atoms with van der Waals surface area (Å²) in [4.78, 5) is 18.5. The van der Waals surface area contributed by atoms with Gasteiger partial charge in [-0.05, 0) is 42.0 Å². The van der Waals surface area contributed by atoms with E-state index in [1.54, 1.807) is 19.1 Å². The summed E-state index contributed by atoms with van der Waals surface area (Å²) in [6.45, 7) is 0.715. The molecule has 0 unspecified atom stereocenters. The Bertz CT molecular complexity index is 1000. The largest absolute Gasteiger partial charge is 0.497 e. The zero-order valence-electron chi connectivity index (χ0n) is 16.3. The van der Waals surface area contributed by atoms with Crippen molar-refractivity contribution in [2.24, 2.45) is 0 Å². The first-order valence-corrected chi connectivity index (χ1v) is 9.22. The molecule has 1 amide bonds. The molecule has 0 aliphatic carbocycles. The molecule has 1 aliphatic rings. The lowest BCUT2D eigenvalue weighted by molar-refractivity contribution is -0.130. The molecule has 8 nitrogen and oxygen atoms in total. The molecule has 150 valence electrons. The highest BCUT2D eigenvalue weighted by Gasteiger charge is 2.16. The van der Waals surface area contributed by atoms with Crippen LogP contribution in [-0.2, 0) is 17.8 Å². The Balaban J connectivity index is 1.31. The second-order valence-corrected chi connectivity index (χ2v) is 6.68. The molecule has 0 fully saturated rings. The van der Waals surface area contributed by atoms with Gasteiger partial charge in [-0.1, -0.05) is 11.2 Å². The number of hydrogen-bond acceptors (Lipinski definition) is 7. The minimum Gasteiger partial charge on any atom is -0.497 e. The zero-order valence-corrected chi connectivity index (χ0v) is 16.3. The maximum absolute atomic E-state index is 12.5. The van der Waals surface area contributed by atoms with Crippen LogP contribution in [-0.4, -0.2) is 41.9 Å². The van der Waals surface area contributed by atoms with Crippen LogP contribution in [0.2, 0.25) is 0 Å². The van der Waals surface area contributed by atoms with E-state index in [4.69, 9.17) is 18.7 Å². The molecular weight excluding hydrogens is 374 g/mol. The molecule has 4 rings (SSSR count). The van der Waals surface area contributed by atoms with E-state index in [0.717, 1.165) is 22.6 Å². The molecule has 0 atom stereocenters. The van der Waals surface area contributed by atoms with Gasteiger partial charge in [0.1, 0.15) is 5.75 Å². The predicted octanol–water partition coefficient (Wildman–Crippen LogP) is 3.07. The fraction of sp³-hybridized carbons (Fsp3) is 0.286. The molecule has 0 spiro atoms. The monoisotopic (exact) mass is 395 g/mol. The van der Waals surface area contributed by atoms with Crippen LogP contribution in [0, 0.1) is 0 Å². The number of benzene rings is 2. The topological polar surface area (TPSA) is 86.9 Å². The fourth-order valence-electron chi connectivity index (χ4n) is 3.02. The number of nitrogens with zero attached hydrogens (tertiary/aromatic N) is 3. The summed E-state index contributed by atoms with van der Waals surface area (Å²) in [6, 6.07) is 13.1. The molecule has 1 aromatic heterocycles. The lowest BCUT2D eigenvalue weighted by Crippen LogP contribution is -2.26. The van der Waals surface area contributed by atoms with E-state index < -0.39 is 0 Å². The smallest absolute Gasteiger partial charge is 0.231 e. The molecule has 2 heterocycles. The normalized spacial score (nSPS) is 12.1. The Labute approximate surface area is 168 Å². The Kier molecular flexibility index (Phi) is 5.33. The fourth-order valence-corrected chi connectivity index (χ4v) is 3.02. The van der Waals surface area contributed by atoms with E-state index in [2.05, 4.69) is 10.1 Å². The third kappa shape index (κ3) is 4.31. The molecule has 8 heteroatoms. The average molecular weight is 395 g/mol. The van der Waals surface area contributed by atoms with Crippen LogP contribution in [0.4, 0.5) is 0 Å². The molecule has 0 N–H and O–H groups in total. The summed E-state index contributed by atoms with van der Waals surface area (Å²) in [6.07, 6.45) is 0.665. The van der Waals surface area contributed by atoms with E-state index >= 15 is 0 Å². The van der Waals surface area contributed by atoms with E-state index in [1.165, 1.54) is 0 Å². The van der Waals surface area contributed by atoms with Gasteiger partial charge in [-0.25, -0.2) is 0 Å². The van der Waals surface area contributed by atoms with Gasteiger partial charge in [0.25, 0.3) is 0 Å². The number of amides is 1. The number of hydrogen-bond donors (Lipinski definition) is 0. The van der Waals surface area contributed by atoms with E-state index in [0.29, 0.717) is 30.4 Å². The Morgan fingerprint density at radius 3 is 2.72 bits per heavy atom. The minimum absolute atomic E-state index is 0.00753. The van der Waals surface area contributed by atoms with Gasteiger partial charge >= 0.3 is 0 Å². The lowest BCUT2D eigenvalue weighted by Gasteiger charge is -2.17. The molecule has 3 aromatic rings. The highest BCUT2D eigenvalue weighted by molar-refractivity contribution is 5.76. The van der Waals surface area contributed by atoms with Crippen LogP contribution in [0.25, 0.3) is 11.4 Å². The van der Waals surface area contributed by atoms with Crippen molar-refractivity contribution in [2.45, 2.75) is 19.4 Å². The van der Waals surface area contributed by atoms with Gasteiger partial charge in [-0.15, -0.1) is 0 Å². The Morgan fingerprint density at radius 2 is 1.93 bits per heavy atom. The lowest BCUT2D eigenvalue weighted by atomic mass is 10.2. The van der Waals surface area contributed by atoms with Crippen molar-refractivity contribution in [3.8, 4) is 28.6 Å². The second kappa shape index (κ2) is 8.22. The second-order valence-electron chi connectivity index (χ2n) is 6.68. The highest BCUT2D eigenvalue weighted by atomic mass is 16.7. The summed E-state index contributed by atoms with van der Waals surface area (Å²) in [5.41, 5.74) is 1.80. The van der Waals surface area contributed by atoms with E-state index in [1.807, 2.05) is 42.5 Å². The van der Waals surface area contributed by atoms with E-state index in [-0.39, 0.29) is 19.1 Å². The molecular formula is C21H21N3O5. The first-order valence-electron chi connectivity index (χ1n) is 9.22. The molecule has 0 bridgehead atoms. The maximum atomic E-state index is 12.5. The summed E-state index contributed by atoms with van der Waals surface area (Å²) < 4.78 is 21.1. The number of methoxy groups -OCH3 is 1. The Hall–Kier alpha value is -3.55. The number of ether oxygens (including phenoxy) is 3. The summed E-state index contributed by atoms with van der Waals surface area (Å²) in [5.74, 6) is 3.11. The number of carbonyl (C=O) groups is 1. The third-order valence-electron chi connectivity index (χ3n) is 4.65. The molecule has 1 aliphatic heterocycles. The number of fused-ring (bicyclic) bond motifs is 1. The number of rotatable bonds is 7. The molecule has 0 saturated heterocycles. The van der Waals surface area contributed by atoms with Crippen molar-refractivity contribution in [3.63, 3.8) is 0 Å². The molecule has 2 aromatic carbocycles. The number of aromatic nitrogens is 2. The van der Waals surface area contributed by atoms with Crippen LogP contribution in [0.5, 0.6) is 17.2 Å². The van der Waals surface area contributed by atoms with Gasteiger partial charge < -0.3 is 23.6 Å². The van der Waals surface area contributed by atoms with Crippen molar-refractivity contribution < 1.29 is 23.5 Å². The van der Waals surface area contributed by atoms with Crippen LogP contribution >= 0.6 is 0 Å². The van der Waals surface area contributed by atoms with Gasteiger partial charge in [0.05, 0.1) is 7.11 Å². The summed E-state index contributed by atoms with van der Waals surface area (Å²) >= 11 is 0. The zero-order chi connectivity index (χ0) is 20.2. The van der Waals surface area contributed by atoms with Crippen molar-refractivity contribution in [1.82, 2.24) is 15.0 Å². The van der Waals surface area contributed by atoms with E-state index in [9.17, 15) is 4.79 Å². The van der Waals surface area contributed by atoms with Gasteiger partial charge in [-0.2, -0.15) is 4.98 Å². The summed E-state index contributed by atoms with van der Waals surface area (Å²) in [7, 11) is 3.38. The molecule has 0 saturated carbocycles. The molecule has 0 radical (unpaired) electrons. The average Bonchev–Trinajstić information content (AvgIpc) is 3.41. The third-order valence-corrected chi connectivity index (χ3v) is 4.65. The minimum atomic E-state index is -0.00753. The first kappa shape index (κ1) is 18.8. The van der Waals surface area contributed by atoms with Crippen LogP contribution in [0.15, 0.2) is 47.0 Å². The van der Waals surface area contributed by atoms with Crippen molar-refractivity contribution in [2.75, 3.05) is 21.0 Å². The quantitative estimate of drug-likeness (QED) is 0.608. The highest BCUT2D eigenvalue weighted by Crippen LogP contribution is 2.32. The predicted molar refractivity (Wildman–Crippen MR) is 104 cm³/mol. The van der Waals surface area contributed by atoms with Crippen molar-refractivity contribution in [1.29, 1.82) is 0 Å². The number of aryl methyl sites for hydroxylation is 1. The van der Waals surface area contributed by atoms with Crippen LogP contribution < -0.4 is 14.2 Å². The van der Waals surface area contributed by atoms with Crippen LogP contribution in [0.1, 0.15) is 17.9 Å². The van der Waals surface area contributed by atoms with Gasteiger partial charge in [0.2, 0.25) is 24.4 Å². The van der Waals surface area contributed by atoms with Gasteiger partial charge in [0.15, 0.2) is 11.5 Å². The molecule has 29 heavy (non-hydrogen) atoms. The standard InChI is InChI=1S/C21H21N3O5/c1-24(12-14-3-8-17-18(11-14)28-13-27-17)20(25)10-9-19-22-21(23-29-19)15-4-6-16(26-2)7-5-15/h3-8,11H,9-10,12-13H2,1-2H3. The SMILES string of the molecule is COc1ccc(-c2noc(CCC(=O)N(C)Cc3ccc4c(c3)OCO4)n2)cc1. The van der Waals surface area contributed by atoms with Gasteiger partial charge in [-0.3, -0.25) is 4.79 Å². The number of carbonyl (C=O) groups excluding carboxylic acids is 1. The van der Waals surface area contributed by atoms with Crippen LogP contribution in [0.3, 0.4) is 0 Å². The first-order chi connectivity index (χ1) is 14.1.